The van der Waals surface area contributed by atoms with Gasteiger partial charge in [0.25, 0.3) is 0 Å². The molecule has 0 aliphatic rings. The summed E-state index contributed by atoms with van der Waals surface area (Å²) in [5, 5.41) is 9.50. The van der Waals surface area contributed by atoms with Crippen LogP contribution in [0.2, 0.25) is 0 Å². The van der Waals surface area contributed by atoms with E-state index < -0.39 is 0 Å². The molecule has 0 aliphatic carbocycles. The average Bonchev–Trinajstić information content (AvgIpc) is 2.58. The average molecular weight is 200 g/mol. The summed E-state index contributed by atoms with van der Waals surface area (Å²) in [5.41, 5.74) is 6.37. The van der Waals surface area contributed by atoms with Crippen molar-refractivity contribution < 1.29 is 9.47 Å². The molecule has 0 unspecified atom stereocenters. The van der Waals surface area contributed by atoms with Crippen LogP contribution in [0.1, 0.15) is 0 Å². The van der Waals surface area contributed by atoms with E-state index >= 15 is 0 Å². The van der Waals surface area contributed by atoms with Crippen molar-refractivity contribution >= 4 is 11.5 Å². The Morgan fingerprint density at radius 1 is 1.50 bits per heavy atom. The molecule has 6 nitrogen and oxygen atoms in total. The second kappa shape index (κ2) is 6.22. The van der Waals surface area contributed by atoms with Gasteiger partial charge in [0.15, 0.2) is 0 Å². The van der Waals surface area contributed by atoms with Crippen LogP contribution < -0.4 is 11.1 Å². The highest BCUT2D eigenvalue weighted by molar-refractivity contribution is 5.59. The second-order valence-corrected chi connectivity index (χ2v) is 2.73. The summed E-state index contributed by atoms with van der Waals surface area (Å²) >= 11 is 0. The van der Waals surface area contributed by atoms with Crippen molar-refractivity contribution in [2.24, 2.45) is 0 Å². The smallest absolute Gasteiger partial charge is 0.142 e. The van der Waals surface area contributed by atoms with Crippen molar-refractivity contribution in [3.63, 3.8) is 0 Å². The first-order valence-electron chi connectivity index (χ1n) is 4.44. The third-order valence-electron chi connectivity index (χ3n) is 1.66. The lowest BCUT2D eigenvalue weighted by Crippen LogP contribution is -2.12. The molecule has 1 aromatic heterocycles. The summed E-state index contributed by atoms with van der Waals surface area (Å²) in [6.45, 7) is 2.55. The van der Waals surface area contributed by atoms with E-state index in [2.05, 4.69) is 15.5 Å². The van der Waals surface area contributed by atoms with Crippen LogP contribution in [0.4, 0.5) is 11.5 Å². The molecule has 1 heterocycles. The number of aromatic nitrogens is 2. The lowest BCUT2D eigenvalue weighted by Gasteiger charge is -2.05. The largest absolute Gasteiger partial charge is 0.382 e. The number of nitrogen functional groups attached to an aromatic ring is 1. The number of aromatic amines is 1. The molecule has 1 rings (SSSR count). The number of methoxy groups -OCH3 is 1. The predicted octanol–water partition coefficient (Wildman–Crippen LogP) is 0.0668. The number of hydrogen-bond donors (Lipinski definition) is 3. The van der Waals surface area contributed by atoms with Gasteiger partial charge in [0.05, 0.1) is 31.7 Å². The lowest BCUT2D eigenvalue weighted by molar-refractivity contribution is 0.0759. The van der Waals surface area contributed by atoms with Crippen LogP contribution in [-0.2, 0) is 9.47 Å². The zero-order valence-electron chi connectivity index (χ0n) is 8.25. The molecule has 0 amide bonds. The molecule has 0 aliphatic heterocycles. The predicted molar refractivity (Wildman–Crippen MR) is 54.2 cm³/mol. The zero-order valence-corrected chi connectivity index (χ0v) is 8.25. The number of anilines is 2. The summed E-state index contributed by atoms with van der Waals surface area (Å²) in [5.74, 6) is 0.543. The third kappa shape index (κ3) is 3.63. The van der Waals surface area contributed by atoms with E-state index in [0.717, 1.165) is 5.69 Å². The fraction of sp³-hybridized carbons (Fsp3) is 0.625. The number of nitrogens with two attached hydrogens (primary N) is 1. The van der Waals surface area contributed by atoms with Gasteiger partial charge in [0.2, 0.25) is 0 Å². The molecule has 0 bridgehead atoms. The number of H-pyrrole nitrogens is 1. The van der Waals surface area contributed by atoms with Gasteiger partial charge in [-0.05, 0) is 0 Å². The maximum atomic E-state index is 5.56. The van der Waals surface area contributed by atoms with E-state index in [-0.39, 0.29) is 0 Å². The van der Waals surface area contributed by atoms with Gasteiger partial charge in [0.1, 0.15) is 5.82 Å². The molecule has 0 atom stereocenters. The van der Waals surface area contributed by atoms with Gasteiger partial charge in [-0.15, -0.1) is 0 Å². The molecule has 4 N–H and O–H groups in total. The van der Waals surface area contributed by atoms with Crippen LogP contribution in [0.3, 0.4) is 0 Å². The van der Waals surface area contributed by atoms with Gasteiger partial charge >= 0.3 is 0 Å². The summed E-state index contributed by atoms with van der Waals surface area (Å²) in [6.07, 6.45) is 1.64. The summed E-state index contributed by atoms with van der Waals surface area (Å²) < 4.78 is 10.1. The zero-order chi connectivity index (χ0) is 10.2. The van der Waals surface area contributed by atoms with Crippen molar-refractivity contribution in [2.75, 3.05) is 44.5 Å². The van der Waals surface area contributed by atoms with Gasteiger partial charge in [-0.25, -0.2) is 0 Å². The summed E-state index contributed by atoms with van der Waals surface area (Å²) in [7, 11) is 1.65. The second-order valence-electron chi connectivity index (χ2n) is 2.73. The van der Waals surface area contributed by atoms with Crippen molar-refractivity contribution in [3.05, 3.63) is 6.20 Å². The molecule has 1 aromatic rings. The first-order valence-corrected chi connectivity index (χ1v) is 4.44. The van der Waals surface area contributed by atoms with E-state index in [9.17, 15) is 0 Å². The van der Waals surface area contributed by atoms with Crippen molar-refractivity contribution in [1.29, 1.82) is 0 Å². The van der Waals surface area contributed by atoms with Gasteiger partial charge < -0.3 is 20.5 Å². The van der Waals surface area contributed by atoms with Gasteiger partial charge in [-0.3, -0.25) is 5.10 Å². The summed E-state index contributed by atoms with van der Waals surface area (Å²) in [6, 6.07) is 0. The van der Waals surface area contributed by atoms with E-state index in [1.165, 1.54) is 0 Å². The summed E-state index contributed by atoms with van der Waals surface area (Å²) in [4.78, 5) is 0. The van der Waals surface area contributed by atoms with Crippen LogP contribution >= 0.6 is 0 Å². The van der Waals surface area contributed by atoms with E-state index in [4.69, 9.17) is 15.2 Å². The Labute approximate surface area is 82.8 Å². The minimum atomic E-state index is 0.543. The van der Waals surface area contributed by atoms with Crippen LogP contribution in [-0.4, -0.2) is 43.7 Å². The number of ether oxygens (including phenoxy) is 2. The molecule has 80 valence electrons. The molecular formula is C8H16N4O2. The Morgan fingerprint density at radius 2 is 2.36 bits per heavy atom. The van der Waals surface area contributed by atoms with Gasteiger partial charge in [0, 0.05) is 13.7 Å². The molecule has 0 aromatic carbocycles. The topological polar surface area (TPSA) is 85.2 Å². The van der Waals surface area contributed by atoms with Crippen molar-refractivity contribution in [3.8, 4) is 0 Å². The Hall–Kier alpha value is -1.27. The Bertz CT molecular complexity index is 251. The molecule has 0 fully saturated rings. The molecular weight excluding hydrogens is 184 g/mol. The lowest BCUT2D eigenvalue weighted by atomic mass is 10.5. The van der Waals surface area contributed by atoms with Crippen molar-refractivity contribution in [2.45, 2.75) is 0 Å². The SMILES string of the molecule is COCCOCCNc1cn[nH]c1N. The third-order valence-corrected chi connectivity index (χ3v) is 1.66. The maximum absolute atomic E-state index is 5.56. The maximum Gasteiger partial charge on any atom is 0.142 e. The van der Waals surface area contributed by atoms with Crippen LogP contribution in [0.25, 0.3) is 0 Å². The van der Waals surface area contributed by atoms with E-state index in [1.54, 1.807) is 13.3 Å². The fourth-order valence-corrected chi connectivity index (χ4v) is 0.939. The van der Waals surface area contributed by atoms with Crippen LogP contribution in [0, 0.1) is 0 Å². The van der Waals surface area contributed by atoms with Crippen LogP contribution in [0.5, 0.6) is 0 Å². The highest BCUT2D eigenvalue weighted by Gasteiger charge is 1.98. The fourth-order valence-electron chi connectivity index (χ4n) is 0.939. The van der Waals surface area contributed by atoms with E-state index in [1.807, 2.05) is 0 Å². The minimum absolute atomic E-state index is 0.543. The van der Waals surface area contributed by atoms with Crippen molar-refractivity contribution in [1.82, 2.24) is 10.2 Å². The number of rotatable bonds is 7. The molecule has 6 heteroatoms. The quantitative estimate of drug-likeness (QED) is 0.542. The molecule has 0 radical (unpaired) electrons. The highest BCUT2D eigenvalue weighted by atomic mass is 16.5. The standard InChI is InChI=1S/C8H16N4O2/c1-13-4-5-14-3-2-10-7-6-11-12-8(7)9/h6,10H,2-5H2,1H3,(H3,9,11,12). The van der Waals surface area contributed by atoms with Gasteiger partial charge in [-0.1, -0.05) is 0 Å². The number of hydrogen-bond acceptors (Lipinski definition) is 5. The Morgan fingerprint density at radius 3 is 3.00 bits per heavy atom. The van der Waals surface area contributed by atoms with E-state index in [0.29, 0.717) is 32.2 Å². The Balaban J connectivity index is 2.02. The number of nitrogens with zero attached hydrogens (tertiary/aromatic N) is 1. The normalized spacial score (nSPS) is 10.4. The minimum Gasteiger partial charge on any atom is -0.382 e. The first kappa shape index (κ1) is 10.8. The molecule has 0 spiro atoms. The Kier molecular flexibility index (Phi) is 4.81. The first-order chi connectivity index (χ1) is 6.84. The van der Waals surface area contributed by atoms with Gasteiger partial charge in [-0.2, -0.15) is 5.10 Å². The molecule has 14 heavy (non-hydrogen) atoms. The monoisotopic (exact) mass is 200 g/mol. The highest BCUT2D eigenvalue weighted by Crippen LogP contribution is 2.11. The number of nitrogens with one attached hydrogen (secondary N) is 2. The molecule has 0 saturated carbocycles. The van der Waals surface area contributed by atoms with Crippen LogP contribution in [0.15, 0.2) is 6.20 Å². The molecule has 0 saturated heterocycles.